The van der Waals surface area contributed by atoms with Crippen molar-refractivity contribution in [1.29, 1.82) is 0 Å². The summed E-state index contributed by atoms with van der Waals surface area (Å²) in [7, 11) is 0. The van der Waals surface area contributed by atoms with Gasteiger partial charge in [-0.05, 0) is 38.3 Å². The summed E-state index contributed by atoms with van der Waals surface area (Å²) < 4.78 is 2.15. The van der Waals surface area contributed by atoms with Crippen molar-refractivity contribution in [3.05, 3.63) is 71.0 Å². The number of imidazole rings is 1. The number of aromatic nitrogens is 4. The molecule has 2 aromatic carbocycles. The van der Waals surface area contributed by atoms with Gasteiger partial charge in [0.05, 0.1) is 0 Å². The molecule has 6 heteroatoms. The second kappa shape index (κ2) is 8.91. The van der Waals surface area contributed by atoms with Crippen LogP contribution in [-0.2, 0) is 6.54 Å². The highest BCUT2D eigenvalue weighted by atomic mass is 16.1. The minimum atomic E-state index is 0.131. The van der Waals surface area contributed by atoms with Gasteiger partial charge in [-0.1, -0.05) is 67.4 Å². The van der Waals surface area contributed by atoms with Crippen LogP contribution in [0.3, 0.4) is 0 Å². The van der Waals surface area contributed by atoms with Crippen LogP contribution in [0.2, 0.25) is 0 Å². The normalized spacial score (nSPS) is 12.3. The largest absolute Gasteiger partial charge is 0.365 e. The predicted octanol–water partition coefficient (Wildman–Crippen LogP) is 5.43. The summed E-state index contributed by atoms with van der Waals surface area (Å²) in [6.45, 7) is 11.2. The maximum absolute atomic E-state index is 11.6. The molecule has 4 aromatic rings. The average Bonchev–Trinajstić information content (AvgIpc) is 3.13. The van der Waals surface area contributed by atoms with E-state index in [2.05, 4.69) is 96.9 Å². The first-order valence-electron chi connectivity index (χ1n) is 11.0. The van der Waals surface area contributed by atoms with E-state index in [0.717, 1.165) is 28.0 Å². The number of carbonyl (C=O) groups is 1. The van der Waals surface area contributed by atoms with Gasteiger partial charge < -0.3 is 9.88 Å². The number of benzene rings is 2. The van der Waals surface area contributed by atoms with Crippen molar-refractivity contribution in [2.45, 2.75) is 47.2 Å². The van der Waals surface area contributed by atoms with Crippen LogP contribution in [0.25, 0.3) is 22.6 Å². The Bertz CT molecular complexity index is 1260. The molecule has 0 fully saturated rings. The molecule has 0 saturated carbocycles. The number of hydrogen-bond donors (Lipinski definition) is 1. The number of fused-ring (bicyclic) bond motifs is 1. The van der Waals surface area contributed by atoms with Crippen LogP contribution in [0.5, 0.6) is 0 Å². The molecule has 0 saturated heterocycles. The predicted molar refractivity (Wildman–Crippen MR) is 129 cm³/mol. The monoisotopic (exact) mass is 427 g/mol. The Balaban J connectivity index is 1.96. The fraction of sp³-hybridized carbons (Fsp3) is 0.308. The van der Waals surface area contributed by atoms with Gasteiger partial charge in [0.25, 0.3) is 0 Å². The number of nitrogens with one attached hydrogen (secondary N) is 1. The third-order valence-corrected chi connectivity index (χ3v) is 5.83. The summed E-state index contributed by atoms with van der Waals surface area (Å²) in [5, 5.41) is 3.50. The molecule has 0 spiro atoms. The molecule has 0 aliphatic heterocycles. The summed E-state index contributed by atoms with van der Waals surface area (Å²) in [6.07, 6.45) is 0.677. The smallest absolute Gasteiger partial charge is 0.196 e. The number of carbonyl (C=O) groups excluding carboxylic acids is 1. The summed E-state index contributed by atoms with van der Waals surface area (Å²) in [4.78, 5) is 25.4. The van der Waals surface area contributed by atoms with Crippen molar-refractivity contribution in [2.24, 2.45) is 5.92 Å². The molecule has 2 heterocycles. The lowest BCUT2D eigenvalue weighted by Gasteiger charge is -2.19. The van der Waals surface area contributed by atoms with Gasteiger partial charge in [0, 0.05) is 18.2 Å². The number of aldehydes is 1. The van der Waals surface area contributed by atoms with E-state index in [9.17, 15) is 4.79 Å². The quantitative estimate of drug-likeness (QED) is 0.398. The summed E-state index contributed by atoms with van der Waals surface area (Å²) >= 11 is 0. The van der Waals surface area contributed by atoms with Gasteiger partial charge in [0.2, 0.25) is 0 Å². The SMILES string of the molecule is Cc1ccc(Cn2c(-c3cccc(C)c3)nc3nc(C=O)nc(N[C@H](C)C(C)C)c32)cc1. The van der Waals surface area contributed by atoms with Gasteiger partial charge in [0.1, 0.15) is 11.3 Å². The molecule has 164 valence electrons. The Morgan fingerprint density at radius 3 is 2.38 bits per heavy atom. The van der Waals surface area contributed by atoms with Crippen molar-refractivity contribution < 1.29 is 4.79 Å². The second-order valence-electron chi connectivity index (χ2n) is 8.77. The Kier molecular flexibility index (Phi) is 6.04. The highest BCUT2D eigenvalue weighted by Gasteiger charge is 2.21. The van der Waals surface area contributed by atoms with Crippen molar-refractivity contribution in [1.82, 2.24) is 19.5 Å². The molecule has 0 unspecified atom stereocenters. The molecule has 2 aromatic heterocycles. The lowest BCUT2D eigenvalue weighted by molar-refractivity contribution is 0.111. The van der Waals surface area contributed by atoms with E-state index >= 15 is 0 Å². The molecule has 1 N–H and O–H groups in total. The lowest BCUT2D eigenvalue weighted by Crippen LogP contribution is -2.23. The molecule has 6 nitrogen and oxygen atoms in total. The van der Waals surface area contributed by atoms with Gasteiger partial charge in [-0.25, -0.2) is 15.0 Å². The second-order valence-corrected chi connectivity index (χ2v) is 8.77. The first kappa shape index (κ1) is 21.7. The summed E-state index contributed by atoms with van der Waals surface area (Å²) in [5.74, 6) is 1.97. The number of anilines is 1. The molecule has 0 aliphatic rings. The van der Waals surface area contributed by atoms with Crippen molar-refractivity contribution in [2.75, 3.05) is 5.32 Å². The standard InChI is InChI=1S/C26H29N5O/c1-16(2)19(5)27-24-23-25(29-22(15-32)28-24)30-26(21-8-6-7-18(4)13-21)31(23)14-20-11-9-17(3)10-12-20/h6-13,15-16,19H,14H2,1-5H3,(H,27,28,29)/t19-/m1/s1. The average molecular weight is 428 g/mol. The van der Waals surface area contributed by atoms with Crippen molar-refractivity contribution in [3.8, 4) is 11.4 Å². The topological polar surface area (TPSA) is 72.7 Å². The fourth-order valence-corrected chi connectivity index (χ4v) is 3.62. The van der Waals surface area contributed by atoms with Crippen molar-refractivity contribution in [3.63, 3.8) is 0 Å². The Labute approximate surface area is 188 Å². The van der Waals surface area contributed by atoms with E-state index in [-0.39, 0.29) is 11.9 Å². The molecule has 4 rings (SSSR count). The Morgan fingerprint density at radius 1 is 0.969 bits per heavy atom. The van der Waals surface area contributed by atoms with Gasteiger partial charge >= 0.3 is 0 Å². The zero-order chi connectivity index (χ0) is 22.8. The van der Waals surface area contributed by atoms with E-state index in [1.807, 2.05) is 6.07 Å². The van der Waals surface area contributed by atoms with E-state index in [0.29, 0.717) is 30.2 Å². The fourth-order valence-electron chi connectivity index (χ4n) is 3.62. The maximum Gasteiger partial charge on any atom is 0.196 e. The summed E-state index contributed by atoms with van der Waals surface area (Å²) in [5.41, 5.74) is 5.86. The van der Waals surface area contributed by atoms with Gasteiger partial charge in [-0.3, -0.25) is 4.79 Å². The molecule has 0 bridgehead atoms. The minimum absolute atomic E-state index is 0.131. The minimum Gasteiger partial charge on any atom is -0.365 e. The highest BCUT2D eigenvalue weighted by molar-refractivity contribution is 5.89. The highest BCUT2D eigenvalue weighted by Crippen LogP contribution is 2.30. The molecule has 32 heavy (non-hydrogen) atoms. The van der Waals surface area contributed by atoms with Crippen molar-refractivity contribution >= 4 is 23.3 Å². The Hall–Kier alpha value is -3.54. The molecule has 1 atom stereocenters. The zero-order valence-electron chi connectivity index (χ0n) is 19.3. The van der Waals surface area contributed by atoms with E-state index in [1.165, 1.54) is 5.56 Å². The van der Waals surface area contributed by atoms with E-state index in [4.69, 9.17) is 4.98 Å². The first-order valence-corrected chi connectivity index (χ1v) is 11.0. The van der Waals surface area contributed by atoms with Crippen LogP contribution in [0, 0.1) is 19.8 Å². The third kappa shape index (κ3) is 4.40. The van der Waals surface area contributed by atoms with Gasteiger partial charge in [0.15, 0.2) is 23.6 Å². The molecular formula is C26H29N5O. The molecule has 0 aliphatic carbocycles. The lowest BCUT2D eigenvalue weighted by atomic mass is 10.1. The van der Waals surface area contributed by atoms with Crippen LogP contribution >= 0.6 is 0 Å². The molecule has 0 amide bonds. The maximum atomic E-state index is 11.6. The number of aryl methyl sites for hydroxylation is 2. The first-order chi connectivity index (χ1) is 15.4. The summed E-state index contributed by atoms with van der Waals surface area (Å²) in [6, 6.07) is 16.9. The van der Waals surface area contributed by atoms with Crippen LogP contribution in [0.1, 0.15) is 48.1 Å². The van der Waals surface area contributed by atoms with Crippen LogP contribution < -0.4 is 5.32 Å². The number of rotatable bonds is 7. The number of hydrogen-bond acceptors (Lipinski definition) is 5. The van der Waals surface area contributed by atoms with Crippen LogP contribution in [-0.4, -0.2) is 31.8 Å². The molecule has 0 radical (unpaired) electrons. The van der Waals surface area contributed by atoms with Crippen LogP contribution in [0.4, 0.5) is 5.82 Å². The van der Waals surface area contributed by atoms with E-state index < -0.39 is 0 Å². The number of nitrogens with zero attached hydrogens (tertiary/aromatic N) is 4. The van der Waals surface area contributed by atoms with Crippen LogP contribution in [0.15, 0.2) is 48.5 Å². The van der Waals surface area contributed by atoms with Gasteiger partial charge in [-0.2, -0.15) is 0 Å². The van der Waals surface area contributed by atoms with Gasteiger partial charge in [-0.15, -0.1) is 0 Å². The third-order valence-electron chi connectivity index (χ3n) is 5.83. The Morgan fingerprint density at radius 2 is 1.72 bits per heavy atom. The molecular weight excluding hydrogens is 398 g/mol. The van der Waals surface area contributed by atoms with E-state index in [1.54, 1.807) is 0 Å². The zero-order valence-corrected chi connectivity index (χ0v) is 19.3.